The van der Waals surface area contributed by atoms with Crippen molar-refractivity contribution in [2.75, 3.05) is 18.5 Å². The summed E-state index contributed by atoms with van der Waals surface area (Å²) in [4.78, 5) is 27.9. The molecule has 0 unspecified atom stereocenters. The summed E-state index contributed by atoms with van der Waals surface area (Å²) in [6, 6.07) is 24.0. The van der Waals surface area contributed by atoms with E-state index in [-0.39, 0.29) is 24.1 Å². The molecule has 4 rings (SSSR count). The van der Waals surface area contributed by atoms with E-state index in [2.05, 4.69) is 5.32 Å². The van der Waals surface area contributed by atoms with Gasteiger partial charge in [-0.05, 0) is 48.7 Å². The lowest BCUT2D eigenvalue weighted by Crippen LogP contribution is -2.34. The van der Waals surface area contributed by atoms with Gasteiger partial charge < -0.3 is 10.1 Å². The van der Waals surface area contributed by atoms with E-state index in [0.717, 1.165) is 5.56 Å². The van der Waals surface area contributed by atoms with Gasteiger partial charge in [-0.15, -0.1) is 0 Å². The van der Waals surface area contributed by atoms with Gasteiger partial charge in [-0.25, -0.2) is 0 Å². The maximum Gasteiger partial charge on any atom is 0.278 e. The fourth-order valence-electron chi connectivity index (χ4n) is 3.63. The highest BCUT2D eigenvalue weighted by Crippen LogP contribution is 2.31. The van der Waals surface area contributed by atoms with Crippen LogP contribution in [0.4, 0.5) is 5.69 Å². The first-order chi connectivity index (χ1) is 15.6. The molecule has 0 saturated carbocycles. The summed E-state index contributed by atoms with van der Waals surface area (Å²) in [5.41, 5.74) is 3.02. The van der Waals surface area contributed by atoms with Crippen LogP contribution in [-0.4, -0.2) is 29.9 Å². The van der Waals surface area contributed by atoms with Gasteiger partial charge in [0.15, 0.2) is 0 Å². The Kier molecular flexibility index (Phi) is 6.57. The summed E-state index contributed by atoms with van der Waals surface area (Å²) >= 11 is 5.96. The van der Waals surface area contributed by atoms with Crippen molar-refractivity contribution in [1.82, 2.24) is 4.90 Å². The van der Waals surface area contributed by atoms with Gasteiger partial charge in [0.1, 0.15) is 11.4 Å². The molecule has 1 heterocycles. The van der Waals surface area contributed by atoms with E-state index in [1.807, 2.05) is 73.7 Å². The SMILES string of the molecule is CCOc1cccc(NC2=C(c3ccccc3)C(=O)N(CCc3ccc(Cl)cc3)C2=O)c1. The molecule has 0 bridgehead atoms. The molecule has 0 saturated heterocycles. The number of ether oxygens (including phenoxy) is 1. The van der Waals surface area contributed by atoms with Crippen molar-refractivity contribution in [1.29, 1.82) is 0 Å². The number of nitrogens with one attached hydrogen (secondary N) is 1. The number of nitrogens with zero attached hydrogens (tertiary/aromatic N) is 1. The van der Waals surface area contributed by atoms with Crippen molar-refractivity contribution in [3.8, 4) is 5.75 Å². The van der Waals surface area contributed by atoms with Crippen molar-refractivity contribution >= 4 is 34.7 Å². The average molecular weight is 447 g/mol. The Balaban J connectivity index is 1.63. The fraction of sp³-hybridized carbons (Fsp3) is 0.154. The molecule has 1 aliphatic rings. The van der Waals surface area contributed by atoms with Crippen LogP contribution in [0.5, 0.6) is 5.75 Å². The van der Waals surface area contributed by atoms with Crippen molar-refractivity contribution < 1.29 is 14.3 Å². The number of imide groups is 1. The molecule has 0 atom stereocenters. The smallest absolute Gasteiger partial charge is 0.278 e. The number of hydrogen-bond donors (Lipinski definition) is 1. The molecular formula is C26H23ClN2O3. The summed E-state index contributed by atoms with van der Waals surface area (Å²) in [6.45, 7) is 2.73. The van der Waals surface area contributed by atoms with Gasteiger partial charge in [-0.3, -0.25) is 14.5 Å². The van der Waals surface area contributed by atoms with Crippen LogP contribution in [0.3, 0.4) is 0 Å². The molecule has 32 heavy (non-hydrogen) atoms. The first-order valence-corrected chi connectivity index (χ1v) is 10.8. The number of halogens is 1. The lowest BCUT2D eigenvalue weighted by Gasteiger charge is -2.15. The zero-order valence-corrected chi connectivity index (χ0v) is 18.4. The number of carbonyl (C=O) groups excluding carboxylic acids is 2. The summed E-state index contributed by atoms with van der Waals surface area (Å²) in [6.07, 6.45) is 0.545. The first kappa shape index (κ1) is 21.7. The third kappa shape index (κ3) is 4.68. The van der Waals surface area contributed by atoms with E-state index in [1.165, 1.54) is 4.90 Å². The Morgan fingerprint density at radius 2 is 1.66 bits per heavy atom. The number of anilines is 1. The van der Waals surface area contributed by atoms with Gasteiger partial charge in [-0.2, -0.15) is 0 Å². The topological polar surface area (TPSA) is 58.6 Å². The van der Waals surface area contributed by atoms with Crippen LogP contribution in [0, 0.1) is 0 Å². The highest BCUT2D eigenvalue weighted by atomic mass is 35.5. The molecule has 5 nitrogen and oxygen atoms in total. The maximum atomic E-state index is 13.3. The number of hydrogen-bond acceptors (Lipinski definition) is 4. The summed E-state index contributed by atoms with van der Waals surface area (Å²) in [5, 5.41) is 3.82. The van der Waals surface area contributed by atoms with Crippen LogP contribution in [0.25, 0.3) is 5.57 Å². The molecule has 3 aromatic carbocycles. The van der Waals surface area contributed by atoms with Crippen LogP contribution in [-0.2, 0) is 16.0 Å². The van der Waals surface area contributed by atoms with E-state index in [1.54, 1.807) is 12.1 Å². The first-order valence-electron chi connectivity index (χ1n) is 10.5. The summed E-state index contributed by atoms with van der Waals surface area (Å²) in [5.74, 6) is 0.0407. The van der Waals surface area contributed by atoms with E-state index in [9.17, 15) is 9.59 Å². The monoisotopic (exact) mass is 446 g/mol. The second kappa shape index (κ2) is 9.71. The largest absolute Gasteiger partial charge is 0.494 e. The van der Waals surface area contributed by atoms with E-state index < -0.39 is 0 Å². The minimum atomic E-state index is -0.343. The molecule has 1 aliphatic heterocycles. The molecule has 0 spiro atoms. The molecule has 1 N–H and O–H groups in total. The minimum absolute atomic E-state index is 0.269. The third-order valence-corrected chi connectivity index (χ3v) is 5.43. The fourth-order valence-corrected chi connectivity index (χ4v) is 3.76. The quantitative estimate of drug-likeness (QED) is 0.485. The second-order valence-electron chi connectivity index (χ2n) is 7.34. The predicted molar refractivity (Wildman–Crippen MR) is 126 cm³/mol. The number of rotatable bonds is 8. The van der Waals surface area contributed by atoms with Gasteiger partial charge in [0.05, 0.1) is 12.2 Å². The molecule has 3 aromatic rings. The minimum Gasteiger partial charge on any atom is -0.494 e. The standard InChI is InChI=1S/C26H23ClN2O3/c1-2-32-22-10-6-9-21(17-22)28-24-23(19-7-4-3-5-8-19)25(30)29(26(24)31)16-15-18-11-13-20(27)14-12-18/h3-14,17,28H,2,15-16H2,1H3. The molecule has 0 radical (unpaired) electrons. The van der Waals surface area contributed by atoms with Gasteiger partial charge in [0.2, 0.25) is 0 Å². The third-order valence-electron chi connectivity index (χ3n) is 5.18. The van der Waals surface area contributed by atoms with Gasteiger partial charge in [0, 0.05) is 23.3 Å². The highest BCUT2D eigenvalue weighted by Gasteiger charge is 2.38. The molecular weight excluding hydrogens is 424 g/mol. The van der Waals surface area contributed by atoms with E-state index >= 15 is 0 Å². The van der Waals surface area contributed by atoms with Gasteiger partial charge >= 0.3 is 0 Å². The van der Waals surface area contributed by atoms with Crippen LogP contribution < -0.4 is 10.1 Å². The van der Waals surface area contributed by atoms with Crippen LogP contribution in [0.1, 0.15) is 18.1 Å². The second-order valence-corrected chi connectivity index (χ2v) is 7.78. The predicted octanol–water partition coefficient (Wildman–Crippen LogP) is 5.17. The summed E-state index contributed by atoms with van der Waals surface area (Å²) < 4.78 is 5.56. The van der Waals surface area contributed by atoms with Crippen molar-refractivity contribution in [3.05, 3.63) is 101 Å². The van der Waals surface area contributed by atoms with Crippen LogP contribution >= 0.6 is 11.6 Å². The molecule has 2 amide bonds. The Morgan fingerprint density at radius 1 is 0.906 bits per heavy atom. The molecule has 0 aliphatic carbocycles. The molecule has 0 aromatic heterocycles. The Bertz CT molecular complexity index is 1160. The normalized spacial score (nSPS) is 13.6. The van der Waals surface area contributed by atoms with Gasteiger partial charge in [0.25, 0.3) is 11.8 Å². The Morgan fingerprint density at radius 3 is 2.38 bits per heavy atom. The van der Waals surface area contributed by atoms with E-state index in [0.29, 0.717) is 40.6 Å². The lowest BCUT2D eigenvalue weighted by atomic mass is 10.0. The summed E-state index contributed by atoms with van der Waals surface area (Å²) in [7, 11) is 0. The van der Waals surface area contributed by atoms with Gasteiger partial charge in [-0.1, -0.05) is 60.1 Å². The molecule has 162 valence electrons. The van der Waals surface area contributed by atoms with Crippen LogP contribution in [0.15, 0.2) is 84.6 Å². The molecule has 0 fully saturated rings. The van der Waals surface area contributed by atoms with Crippen molar-refractivity contribution in [2.45, 2.75) is 13.3 Å². The highest BCUT2D eigenvalue weighted by molar-refractivity contribution is 6.36. The Labute approximate surface area is 192 Å². The van der Waals surface area contributed by atoms with Crippen molar-refractivity contribution in [3.63, 3.8) is 0 Å². The number of benzene rings is 3. The lowest BCUT2D eigenvalue weighted by molar-refractivity contribution is -0.136. The number of carbonyl (C=O) groups is 2. The van der Waals surface area contributed by atoms with E-state index in [4.69, 9.17) is 16.3 Å². The maximum absolute atomic E-state index is 13.3. The zero-order chi connectivity index (χ0) is 22.5. The Hall–Kier alpha value is -3.57. The molecule has 6 heteroatoms. The number of amides is 2. The zero-order valence-electron chi connectivity index (χ0n) is 17.7. The van der Waals surface area contributed by atoms with Crippen molar-refractivity contribution in [2.24, 2.45) is 0 Å². The average Bonchev–Trinajstić information content (AvgIpc) is 3.03. The van der Waals surface area contributed by atoms with Crippen LogP contribution in [0.2, 0.25) is 5.02 Å².